The number of aliphatic hydroxyl groups is 1. The molecule has 3 nitrogen and oxygen atoms in total. The SMILES string of the molecule is CC(O)CN(CCc1ccncc1)Cc1ccccc1. The lowest BCUT2D eigenvalue weighted by molar-refractivity contribution is 0.123. The molecule has 1 unspecified atom stereocenters. The Balaban J connectivity index is 1.93. The molecule has 2 rings (SSSR count). The van der Waals surface area contributed by atoms with Crippen molar-refractivity contribution in [3.05, 3.63) is 66.0 Å². The van der Waals surface area contributed by atoms with Gasteiger partial charge in [0.25, 0.3) is 0 Å². The highest BCUT2D eigenvalue weighted by atomic mass is 16.3. The van der Waals surface area contributed by atoms with Crippen LogP contribution in [0.25, 0.3) is 0 Å². The van der Waals surface area contributed by atoms with Crippen LogP contribution in [-0.2, 0) is 13.0 Å². The lowest BCUT2D eigenvalue weighted by Gasteiger charge is -2.23. The Morgan fingerprint density at radius 3 is 2.40 bits per heavy atom. The van der Waals surface area contributed by atoms with Gasteiger partial charge in [0, 0.05) is 32.0 Å². The van der Waals surface area contributed by atoms with Crippen molar-refractivity contribution in [2.24, 2.45) is 0 Å². The van der Waals surface area contributed by atoms with Crippen molar-refractivity contribution in [1.82, 2.24) is 9.88 Å². The third-order valence-electron chi connectivity index (χ3n) is 3.24. The quantitative estimate of drug-likeness (QED) is 0.840. The van der Waals surface area contributed by atoms with Crippen molar-refractivity contribution in [2.75, 3.05) is 13.1 Å². The minimum atomic E-state index is -0.309. The standard InChI is InChI=1S/C17H22N2O/c1-15(20)13-19(14-17-5-3-2-4-6-17)12-9-16-7-10-18-11-8-16/h2-8,10-11,15,20H,9,12-14H2,1H3. The van der Waals surface area contributed by atoms with E-state index in [4.69, 9.17) is 0 Å². The summed E-state index contributed by atoms with van der Waals surface area (Å²) < 4.78 is 0. The number of aromatic nitrogens is 1. The van der Waals surface area contributed by atoms with Crippen LogP contribution in [0.4, 0.5) is 0 Å². The zero-order valence-corrected chi connectivity index (χ0v) is 11.9. The summed E-state index contributed by atoms with van der Waals surface area (Å²) >= 11 is 0. The average molecular weight is 270 g/mol. The molecule has 1 atom stereocenters. The van der Waals surface area contributed by atoms with E-state index in [-0.39, 0.29) is 6.10 Å². The van der Waals surface area contributed by atoms with Crippen LogP contribution in [0.2, 0.25) is 0 Å². The molecule has 0 saturated heterocycles. The number of benzene rings is 1. The van der Waals surface area contributed by atoms with Gasteiger partial charge in [0.05, 0.1) is 6.10 Å². The van der Waals surface area contributed by atoms with Crippen molar-refractivity contribution in [2.45, 2.75) is 26.0 Å². The second-order valence-electron chi connectivity index (χ2n) is 5.18. The van der Waals surface area contributed by atoms with Gasteiger partial charge in [0.1, 0.15) is 0 Å². The maximum absolute atomic E-state index is 9.65. The van der Waals surface area contributed by atoms with Crippen molar-refractivity contribution in [3.63, 3.8) is 0 Å². The molecule has 3 heteroatoms. The van der Waals surface area contributed by atoms with Crippen LogP contribution >= 0.6 is 0 Å². The molecule has 0 aliphatic carbocycles. The summed E-state index contributed by atoms with van der Waals surface area (Å²) in [6, 6.07) is 14.5. The van der Waals surface area contributed by atoms with Crippen LogP contribution in [0, 0.1) is 0 Å². The molecule has 0 saturated carbocycles. The third kappa shape index (κ3) is 5.11. The van der Waals surface area contributed by atoms with Crippen molar-refractivity contribution < 1.29 is 5.11 Å². The molecule has 0 aliphatic rings. The van der Waals surface area contributed by atoms with Crippen molar-refractivity contribution in [3.8, 4) is 0 Å². The Labute approximate surface area is 120 Å². The highest BCUT2D eigenvalue weighted by Crippen LogP contribution is 2.07. The van der Waals surface area contributed by atoms with E-state index in [1.807, 2.05) is 37.5 Å². The van der Waals surface area contributed by atoms with Gasteiger partial charge < -0.3 is 5.11 Å². The molecule has 20 heavy (non-hydrogen) atoms. The van der Waals surface area contributed by atoms with Crippen molar-refractivity contribution in [1.29, 1.82) is 0 Å². The smallest absolute Gasteiger partial charge is 0.0639 e. The Hall–Kier alpha value is -1.71. The van der Waals surface area contributed by atoms with E-state index in [1.165, 1.54) is 11.1 Å². The Bertz CT molecular complexity index is 485. The molecule has 0 amide bonds. The second kappa shape index (κ2) is 7.78. The van der Waals surface area contributed by atoms with Gasteiger partial charge in [-0.25, -0.2) is 0 Å². The molecule has 106 valence electrons. The van der Waals surface area contributed by atoms with Crippen LogP contribution in [0.3, 0.4) is 0 Å². The van der Waals surface area contributed by atoms with E-state index < -0.39 is 0 Å². The topological polar surface area (TPSA) is 36.4 Å². The third-order valence-corrected chi connectivity index (χ3v) is 3.24. The van der Waals surface area contributed by atoms with Gasteiger partial charge in [0.2, 0.25) is 0 Å². The fourth-order valence-corrected chi connectivity index (χ4v) is 2.29. The summed E-state index contributed by atoms with van der Waals surface area (Å²) in [5.41, 5.74) is 2.56. The molecular weight excluding hydrogens is 248 g/mol. The van der Waals surface area contributed by atoms with E-state index >= 15 is 0 Å². The summed E-state index contributed by atoms with van der Waals surface area (Å²) in [6.07, 6.45) is 4.32. The summed E-state index contributed by atoms with van der Waals surface area (Å²) in [7, 11) is 0. The molecular formula is C17H22N2O. The lowest BCUT2D eigenvalue weighted by Crippen LogP contribution is -2.32. The molecule has 1 heterocycles. The summed E-state index contributed by atoms with van der Waals surface area (Å²) in [5, 5.41) is 9.65. The predicted molar refractivity (Wildman–Crippen MR) is 81.3 cm³/mol. The summed E-state index contributed by atoms with van der Waals surface area (Å²) in [5.74, 6) is 0. The van der Waals surface area contributed by atoms with E-state index in [1.54, 1.807) is 0 Å². The number of nitrogens with zero attached hydrogens (tertiary/aromatic N) is 2. The largest absolute Gasteiger partial charge is 0.392 e. The van der Waals surface area contributed by atoms with Gasteiger partial charge in [-0.3, -0.25) is 9.88 Å². The first kappa shape index (κ1) is 14.7. The van der Waals surface area contributed by atoms with Gasteiger partial charge >= 0.3 is 0 Å². The average Bonchev–Trinajstić information content (AvgIpc) is 2.46. The van der Waals surface area contributed by atoms with Crippen LogP contribution in [0.15, 0.2) is 54.9 Å². The fourth-order valence-electron chi connectivity index (χ4n) is 2.29. The Morgan fingerprint density at radius 1 is 1.05 bits per heavy atom. The molecule has 1 aromatic carbocycles. The molecule has 0 radical (unpaired) electrons. The molecule has 0 bridgehead atoms. The maximum Gasteiger partial charge on any atom is 0.0639 e. The van der Waals surface area contributed by atoms with Crippen molar-refractivity contribution >= 4 is 0 Å². The van der Waals surface area contributed by atoms with Crippen LogP contribution in [-0.4, -0.2) is 34.2 Å². The minimum absolute atomic E-state index is 0.309. The zero-order valence-electron chi connectivity index (χ0n) is 11.9. The van der Waals surface area contributed by atoms with E-state index in [9.17, 15) is 5.11 Å². The molecule has 0 spiro atoms. The first-order valence-electron chi connectivity index (χ1n) is 7.07. The number of aliphatic hydroxyl groups excluding tert-OH is 1. The lowest BCUT2D eigenvalue weighted by atomic mass is 10.1. The van der Waals surface area contributed by atoms with E-state index in [0.717, 1.165) is 19.5 Å². The Kier molecular flexibility index (Phi) is 5.71. The first-order chi connectivity index (χ1) is 9.74. The van der Waals surface area contributed by atoms with Crippen LogP contribution in [0.1, 0.15) is 18.1 Å². The summed E-state index contributed by atoms with van der Waals surface area (Å²) in [6.45, 7) is 4.34. The normalized spacial score (nSPS) is 12.6. The number of rotatable bonds is 7. The monoisotopic (exact) mass is 270 g/mol. The molecule has 1 N–H and O–H groups in total. The molecule has 1 aromatic heterocycles. The second-order valence-corrected chi connectivity index (χ2v) is 5.18. The minimum Gasteiger partial charge on any atom is -0.392 e. The number of hydrogen-bond acceptors (Lipinski definition) is 3. The first-order valence-corrected chi connectivity index (χ1v) is 7.07. The molecule has 0 fully saturated rings. The van der Waals surface area contributed by atoms with Gasteiger partial charge in [-0.2, -0.15) is 0 Å². The van der Waals surface area contributed by atoms with Crippen LogP contribution in [0.5, 0.6) is 0 Å². The highest BCUT2D eigenvalue weighted by molar-refractivity contribution is 5.15. The number of pyridine rings is 1. The van der Waals surface area contributed by atoms with E-state index in [0.29, 0.717) is 6.54 Å². The molecule has 0 aliphatic heterocycles. The summed E-state index contributed by atoms with van der Waals surface area (Å²) in [4.78, 5) is 6.33. The number of hydrogen-bond donors (Lipinski definition) is 1. The van der Waals surface area contributed by atoms with Crippen LogP contribution < -0.4 is 0 Å². The highest BCUT2D eigenvalue weighted by Gasteiger charge is 2.09. The maximum atomic E-state index is 9.65. The van der Waals surface area contributed by atoms with E-state index in [2.05, 4.69) is 34.1 Å². The van der Waals surface area contributed by atoms with Gasteiger partial charge in [-0.1, -0.05) is 30.3 Å². The zero-order chi connectivity index (χ0) is 14.2. The Morgan fingerprint density at radius 2 is 1.75 bits per heavy atom. The predicted octanol–water partition coefficient (Wildman–Crippen LogP) is 2.51. The fraction of sp³-hybridized carbons (Fsp3) is 0.353. The van der Waals surface area contributed by atoms with Gasteiger partial charge in [-0.15, -0.1) is 0 Å². The van der Waals surface area contributed by atoms with Gasteiger partial charge in [0.15, 0.2) is 0 Å². The van der Waals surface area contributed by atoms with Gasteiger partial charge in [-0.05, 0) is 36.6 Å². The molecule has 2 aromatic rings.